The van der Waals surface area contributed by atoms with Crippen LogP contribution in [0.15, 0.2) is 41.9 Å². The van der Waals surface area contributed by atoms with Crippen molar-refractivity contribution in [3.8, 4) is 27.8 Å². The van der Waals surface area contributed by atoms with Gasteiger partial charge in [-0.1, -0.05) is 28.9 Å². The summed E-state index contributed by atoms with van der Waals surface area (Å²) in [7, 11) is 0. The van der Waals surface area contributed by atoms with E-state index >= 15 is 0 Å². The van der Waals surface area contributed by atoms with E-state index < -0.39 is 0 Å². The SMILES string of the molecule is Cc1cc(-c2cc(F)ccc2ONC(=O)C2CCC2)ccc1Oc1nncs1. The molecule has 1 heterocycles. The molecule has 1 N–H and O–H groups in total. The van der Waals surface area contributed by atoms with E-state index in [1.807, 2.05) is 13.0 Å². The average Bonchev–Trinajstić information content (AvgIpc) is 3.14. The highest BCUT2D eigenvalue weighted by Crippen LogP contribution is 2.35. The minimum atomic E-state index is -0.389. The molecule has 4 rings (SSSR count). The largest absolute Gasteiger partial charge is 0.430 e. The molecule has 6 nitrogen and oxygen atoms in total. The van der Waals surface area contributed by atoms with E-state index in [2.05, 4.69) is 15.7 Å². The minimum Gasteiger partial charge on any atom is -0.430 e. The van der Waals surface area contributed by atoms with Gasteiger partial charge in [-0.05, 0) is 61.2 Å². The zero-order chi connectivity index (χ0) is 19.5. The van der Waals surface area contributed by atoms with Gasteiger partial charge in [0.15, 0.2) is 5.75 Å². The lowest BCUT2D eigenvalue weighted by molar-refractivity contribution is -0.134. The Morgan fingerprint density at radius 1 is 1.21 bits per heavy atom. The molecule has 0 atom stereocenters. The number of hydrogen-bond acceptors (Lipinski definition) is 6. The summed E-state index contributed by atoms with van der Waals surface area (Å²) in [6.07, 6.45) is 2.81. The van der Waals surface area contributed by atoms with Gasteiger partial charge < -0.3 is 9.57 Å². The third kappa shape index (κ3) is 3.96. The number of carbonyl (C=O) groups is 1. The van der Waals surface area contributed by atoms with Gasteiger partial charge in [-0.2, -0.15) is 5.48 Å². The van der Waals surface area contributed by atoms with E-state index in [0.29, 0.717) is 22.3 Å². The van der Waals surface area contributed by atoms with Gasteiger partial charge in [0.05, 0.1) is 0 Å². The summed E-state index contributed by atoms with van der Waals surface area (Å²) < 4.78 is 19.6. The molecular weight excluding hydrogens is 381 g/mol. The molecule has 2 aromatic carbocycles. The Balaban J connectivity index is 1.56. The summed E-state index contributed by atoms with van der Waals surface area (Å²) in [5, 5.41) is 8.05. The van der Waals surface area contributed by atoms with Crippen LogP contribution in [-0.4, -0.2) is 16.1 Å². The number of benzene rings is 2. The lowest BCUT2D eigenvalue weighted by Gasteiger charge is -2.24. The number of rotatable bonds is 6. The molecule has 0 aliphatic heterocycles. The van der Waals surface area contributed by atoms with Crippen molar-refractivity contribution in [1.29, 1.82) is 0 Å². The first-order valence-electron chi connectivity index (χ1n) is 8.91. The fraction of sp³-hybridized carbons (Fsp3) is 0.250. The number of carbonyl (C=O) groups excluding carboxylic acids is 1. The number of amides is 1. The van der Waals surface area contributed by atoms with Crippen molar-refractivity contribution in [2.75, 3.05) is 0 Å². The van der Waals surface area contributed by atoms with Gasteiger partial charge >= 0.3 is 0 Å². The lowest BCUT2D eigenvalue weighted by atomic mass is 9.85. The van der Waals surface area contributed by atoms with Crippen molar-refractivity contribution in [2.45, 2.75) is 26.2 Å². The summed E-state index contributed by atoms with van der Waals surface area (Å²) in [4.78, 5) is 17.5. The van der Waals surface area contributed by atoms with Crippen LogP contribution < -0.4 is 15.1 Å². The van der Waals surface area contributed by atoms with Gasteiger partial charge in [-0.15, -0.1) is 5.10 Å². The summed E-state index contributed by atoms with van der Waals surface area (Å²) >= 11 is 1.30. The van der Waals surface area contributed by atoms with Crippen LogP contribution in [0.2, 0.25) is 0 Å². The normalized spacial score (nSPS) is 13.6. The van der Waals surface area contributed by atoms with Crippen LogP contribution in [-0.2, 0) is 4.79 Å². The molecule has 1 saturated carbocycles. The van der Waals surface area contributed by atoms with Gasteiger partial charge in [0.1, 0.15) is 17.1 Å². The number of nitrogens with one attached hydrogen (secondary N) is 1. The van der Waals surface area contributed by atoms with Gasteiger partial charge in [-0.3, -0.25) is 4.79 Å². The summed E-state index contributed by atoms with van der Waals surface area (Å²) in [6.45, 7) is 1.89. The Morgan fingerprint density at radius 3 is 2.71 bits per heavy atom. The second kappa shape index (κ2) is 7.93. The van der Waals surface area contributed by atoms with Crippen LogP contribution >= 0.6 is 11.3 Å². The Bertz CT molecular complexity index is 990. The van der Waals surface area contributed by atoms with Gasteiger partial charge in [-0.25, -0.2) is 4.39 Å². The number of halogens is 1. The van der Waals surface area contributed by atoms with Crippen molar-refractivity contribution >= 4 is 17.2 Å². The Morgan fingerprint density at radius 2 is 2.04 bits per heavy atom. The molecule has 1 aliphatic rings. The molecule has 3 aromatic rings. The van der Waals surface area contributed by atoms with Crippen molar-refractivity contribution < 1.29 is 18.8 Å². The quantitative estimate of drug-likeness (QED) is 0.611. The fourth-order valence-corrected chi connectivity index (χ4v) is 3.33. The second-order valence-electron chi connectivity index (χ2n) is 6.62. The summed E-state index contributed by atoms with van der Waals surface area (Å²) in [6, 6.07) is 9.64. The number of hydroxylamine groups is 1. The zero-order valence-corrected chi connectivity index (χ0v) is 16.0. The molecule has 0 spiro atoms. The molecule has 144 valence electrons. The van der Waals surface area contributed by atoms with Crippen molar-refractivity contribution in [2.24, 2.45) is 5.92 Å². The molecule has 8 heteroatoms. The lowest BCUT2D eigenvalue weighted by Crippen LogP contribution is -2.36. The maximum atomic E-state index is 13.9. The minimum absolute atomic E-state index is 0.00271. The molecular formula is C20H18FN3O3S. The van der Waals surface area contributed by atoms with E-state index in [-0.39, 0.29) is 17.6 Å². The van der Waals surface area contributed by atoms with Crippen LogP contribution in [0.5, 0.6) is 16.7 Å². The van der Waals surface area contributed by atoms with Gasteiger partial charge in [0, 0.05) is 11.5 Å². The molecule has 28 heavy (non-hydrogen) atoms. The average molecular weight is 399 g/mol. The van der Waals surface area contributed by atoms with Gasteiger partial charge in [0.25, 0.3) is 11.1 Å². The number of nitrogens with zero attached hydrogens (tertiary/aromatic N) is 2. The first-order chi connectivity index (χ1) is 13.6. The summed E-state index contributed by atoms with van der Waals surface area (Å²) in [5.41, 5.74) is 6.21. The summed E-state index contributed by atoms with van der Waals surface area (Å²) in [5.74, 6) is 0.491. The Labute approximate surface area is 165 Å². The monoisotopic (exact) mass is 399 g/mol. The first kappa shape index (κ1) is 18.4. The van der Waals surface area contributed by atoms with E-state index in [0.717, 1.165) is 30.4 Å². The smallest absolute Gasteiger partial charge is 0.299 e. The molecule has 0 bridgehead atoms. The highest BCUT2D eigenvalue weighted by Gasteiger charge is 2.25. The topological polar surface area (TPSA) is 73.3 Å². The molecule has 0 radical (unpaired) electrons. The maximum absolute atomic E-state index is 13.9. The van der Waals surface area contributed by atoms with Crippen LogP contribution in [0.3, 0.4) is 0 Å². The molecule has 0 unspecified atom stereocenters. The molecule has 1 aliphatic carbocycles. The third-order valence-corrected chi connectivity index (χ3v) is 5.27. The van der Waals surface area contributed by atoms with Crippen LogP contribution in [0.1, 0.15) is 24.8 Å². The third-order valence-electron chi connectivity index (χ3n) is 4.70. The fourth-order valence-electron chi connectivity index (χ4n) is 2.91. The van der Waals surface area contributed by atoms with Crippen LogP contribution in [0.25, 0.3) is 11.1 Å². The predicted molar refractivity (Wildman–Crippen MR) is 103 cm³/mol. The zero-order valence-electron chi connectivity index (χ0n) is 15.1. The van der Waals surface area contributed by atoms with E-state index in [1.165, 1.54) is 29.5 Å². The maximum Gasteiger partial charge on any atom is 0.299 e. The Hall–Kier alpha value is -3.00. The Kier molecular flexibility index (Phi) is 5.21. The first-order valence-corrected chi connectivity index (χ1v) is 9.79. The standard InChI is InChI=1S/C20H18FN3O3S/c1-12-9-14(5-7-17(12)26-20-23-22-11-28-20)16-10-15(21)6-8-18(16)27-24-19(25)13-3-2-4-13/h5-11,13H,2-4H2,1H3,(H,24,25). The second-order valence-corrected chi connectivity index (χ2v) is 7.42. The number of aryl methyl sites for hydroxylation is 1. The number of hydrogen-bond donors (Lipinski definition) is 1. The molecule has 1 fully saturated rings. The number of ether oxygens (including phenoxy) is 1. The van der Waals surface area contributed by atoms with E-state index in [4.69, 9.17) is 9.57 Å². The molecule has 0 saturated heterocycles. The van der Waals surface area contributed by atoms with Gasteiger partial charge in [0.2, 0.25) is 0 Å². The predicted octanol–water partition coefficient (Wildman–Crippen LogP) is 4.66. The van der Waals surface area contributed by atoms with Crippen molar-refractivity contribution in [1.82, 2.24) is 15.7 Å². The molecule has 1 amide bonds. The molecule has 1 aromatic heterocycles. The highest BCUT2D eigenvalue weighted by atomic mass is 32.1. The highest BCUT2D eigenvalue weighted by molar-refractivity contribution is 7.11. The van der Waals surface area contributed by atoms with Crippen molar-refractivity contribution in [3.63, 3.8) is 0 Å². The van der Waals surface area contributed by atoms with E-state index in [1.54, 1.807) is 17.6 Å². The number of aromatic nitrogens is 2. The van der Waals surface area contributed by atoms with E-state index in [9.17, 15) is 9.18 Å². The van der Waals surface area contributed by atoms with Crippen LogP contribution in [0.4, 0.5) is 4.39 Å². The van der Waals surface area contributed by atoms with Crippen molar-refractivity contribution in [3.05, 3.63) is 53.3 Å². The van der Waals surface area contributed by atoms with Crippen LogP contribution in [0, 0.1) is 18.7 Å².